The van der Waals surface area contributed by atoms with Crippen molar-refractivity contribution in [1.29, 1.82) is 0 Å². The fourth-order valence-electron chi connectivity index (χ4n) is 1.31. The van der Waals surface area contributed by atoms with E-state index in [-0.39, 0.29) is 0 Å². The van der Waals surface area contributed by atoms with Crippen molar-refractivity contribution in [2.45, 2.75) is 12.3 Å². The smallest absolute Gasteiger partial charge is 0.0641 e. The van der Waals surface area contributed by atoms with E-state index in [0.29, 0.717) is 0 Å². The average molecular weight is 272 g/mol. The first-order chi connectivity index (χ1) is 7.27. The Labute approximate surface area is 100 Å². The van der Waals surface area contributed by atoms with Crippen LogP contribution in [0.2, 0.25) is 0 Å². The fraction of sp³-hybridized carbons (Fsp3) is 0.500. The minimum absolute atomic E-state index is 0.785. The summed E-state index contributed by atoms with van der Waals surface area (Å²) in [7, 11) is 2.09. The van der Waals surface area contributed by atoms with Gasteiger partial charge in [0.05, 0.1) is 6.61 Å². The SMILES string of the molecule is CCOCCN(C)c1ccc(CBr)cc1. The third-order valence-corrected chi connectivity index (χ3v) is 2.95. The number of benzene rings is 1. The molecule has 2 nitrogen and oxygen atoms in total. The zero-order chi connectivity index (χ0) is 11.1. The Kier molecular flexibility index (Phi) is 5.73. The van der Waals surface area contributed by atoms with E-state index in [4.69, 9.17) is 4.74 Å². The molecule has 0 saturated heterocycles. The molecule has 0 aliphatic rings. The van der Waals surface area contributed by atoms with Crippen LogP contribution in [-0.2, 0) is 10.1 Å². The predicted molar refractivity (Wildman–Crippen MR) is 68.8 cm³/mol. The quantitative estimate of drug-likeness (QED) is 0.583. The van der Waals surface area contributed by atoms with Crippen LogP contribution in [0, 0.1) is 0 Å². The Morgan fingerprint density at radius 2 is 1.93 bits per heavy atom. The summed E-state index contributed by atoms with van der Waals surface area (Å²) in [6.07, 6.45) is 0. The van der Waals surface area contributed by atoms with E-state index in [1.807, 2.05) is 6.92 Å². The van der Waals surface area contributed by atoms with Crippen LogP contribution in [0.15, 0.2) is 24.3 Å². The summed E-state index contributed by atoms with van der Waals surface area (Å²) in [6, 6.07) is 8.56. The summed E-state index contributed by atoms with van der Waals surface area (Å²) >= 11 is 3.44. The van der Waals surface area contributed by atoms with Gasteiger partial charge in [-0.3, -0.25) is 0 Å². The summed E-state index contributed by atoms with van der Waals surface area (Å²) in [4.78, 5) is 2.20. The van der Waals surface area contributed by atoms with Gasteiger partial charge in [-0.1, -0.05) is 28.1 Å². The van der Waals surface area contributed by atoms with Gasteiger partial charge in [-0.25, -0.2) is 0 Å². The van der Waals surface area contributed by atoms with Crippen LogP contribution in [0.3, 0.4) is 0 Å². The van der Waals surface area contributed by atoms with Gasteiger partial charge >= 0.3 is 0 Å². The monoisotopic (exact) mass is 271 g/mol. The molecule has 1 aromatic carbocycles. The van der Waals surface area contributed by atoms with Crippen molar-refractivity contribution >= 4 is 21.6 Å². The molecule has 0 aliphatic heterocycles. The number of alkyl halides is 1. The minimum Gasteiger partial charge on any atom is -0.380 e. The molecule has 0 spiro atoms. The maximum Gasteiger partial charge on any atom is 0.0641 e. The highest BCUT2D eigenvalue weighted by Gasteiger charge is 1.99. The van der Waals surface area contributed by atoms with E-state index in [1.165, 1.54) is 11.3 Å². The van der Waals surface area contributed by atoms with Crippen molar-refractivity contribution in [3.05, 3.63) is 29.8 Å². The third kappa shape index (κ3) is 4.22. The van der Waals surface area contributed by atoms with Gasteiger partial charge in [-0.15, -0.1) is 0 Å². The van der Waals surface area contributed by atoms with E-state index >= 15 is 0 Å². The lowest BCUT2D eigenvalue weighted by molar-refractivity contribution is 0.154. The normalized spacial score (nSPS) is 10.3. The number of anilines is 1. The summed E-state index contributed by atoms with van der Waals surface area (Å²) in [5.41, 5.74) is 2.54. The van der Waals surface area contributed by atoms with E-state index in [9.17, 15) is 0 Å². The summed E-state index contributed by atoms with van der Waals surface area (Å²) < 4.78 is 5.32. The van der Waals surface area contributed by atoms with Crippen LogP contribution in [0.25, 0.3) is 0 Å². The topological polar surface area (TPSA) is 12.5 Å². The molecule has 84 valence electrons. The molecule has 15 heavy (non-hydrogen) atoms. The van der Waals surface area contributed by atoms with Gasteiger partial charge in [-0.05, 0) is 24.6 Å². The molecule has 0 radical (unpaired) electrons. The van der Waals surface area contributed by atoms with E-state index < -0.39 is 0 Å². The van der Waals surface area contributed by atoms with Crippen molar-refractivity contribution in [3.8, 4) is 0 Å². The number of nitrogens with zero attached hydrogens (tertiary/aromatic N) is 1. The van der Waals surface area contributed by atoms with Crippen LogP contribution < -0.4 is 4.90 Å². The number of hydrogen-bond acceptors (Lipinski definition) is 2. The van der Waals surface area contributed by atoms with Crippen molar-refractivity contribution in [1.82, 2.24) is 0 Å². The highest BCUT2D eigenvalue weighted by Crippen LogP contribution is 2.14. The first-order valence-electron chi connectivity index (χ1n) is 5.21. The molecule has 0 atom stereocenters. The second-order valence-corrected chi connectivity index (χ2v) is 3.98. The summed E-state index contributed by atoms with van der Waals surface area (Å²) in [6.45, 7) is 4.52. The van der Waals surface area contributed by atoms with Gasteiger partial charge in [0.2, 0.25) is 0 Å². The summed E-state index contributed by atoms with van der Waals surface area (Å²) in [5.74, 6) is 0. The molecule has 0 aromatic heterocycles. The maximum atomic E-state index is 5.32. The molecule has 0 N–H and O–H groups in total. The molecule has 0 amide bonds. The molecule has 0 heterocycles. The predicted octanol–water partition coefficient (Wildman–Crippen LogP) is 3.05. The van der Waals surface area contributed by atoms with Crippen LogP contribution in [0.1, 0.15) is 12.5 Å². The van der Waals surface area contributed by atoms with Crippen LogP contribution in [-0.4, -0.2) is 26.8 Å². The van der Waals surface area contributed by atoms with Gasteiger partial charge in [-0.2, -0.15) is 0 Å². The number of rotatable bonds is 6. The molecule has 3 heteroatoms. The Bertz CT molecular complexity index is 273. The van der Waals surface area contributed by atoms with Crippen molar-refractivity contribution in [3.63, 3.8) is 0 Å². The lowest BCUT2D eigenvalue weighted by atomic mass is 10.2. The number of hydrogen-bond donors (Lipinski definition) is 0. The Balaban J connectivity index is 2.46. The zero-order valence-corrected chi connectivity index (χ0v) is 11.0. The molecule has 0 saturated carbocycles. The van der Waals surface area contributed by atoms with Crippen LogP contribution in [0.5, 0.6) is 0 Å². The van der Waals surface area contributed by atoms with Crippen LogP contribution >= 0.6 is 15.9 Å². The number of likely N-dealkylation sites (N-methyl/N-ethyl adjacent to an activating group) is 1. The molecular formula is C12H18BrNO. The largest absolute Gasteiger partial charge is 0.380 e. The first kappa shape index (κ1) is 12.5. The highest BCUT2D eigenvalue weighted by atomic mass is 79.9. The molecule has 1 aromatic rings. The first-order valence-corrected chi connectivity index (χ1v) is 6.34. The molecule has 0 unspecified atom stereocenters. The van der Waals surface area contributed by atoms with Crippen molar-refractivity contribution in [2.24, 2.45) is 0 Å². The Hall–Kier alpha value is -0.540. The Morgan fingerprint density at radius 3 is 2.47 bits per heavy atom. The lowest BCUT2D eigenvalue weighted by Gasteiger charge is -2.19. The van der Waals surface area contributed by atoms with E-state index in [0.717, 1.165) is 25.1 Å². The van der Waals surface area contributed by atoms with E-state index in [1.54, 1.807) is 0 Å². The molecule has 1 rings (SSSR count). The number of ether oxygens (including phenoxy) is 1. The number of halogens is 1. The standard InChI is InChI=1S/C12H18BrNO/c1-3-15-9-8-14(2)12-6-4-11(10-13)5-7-12/h4-7H,3,8-10H2,1-2H3. The third-order valence-electron chi connectivity index (χ3n) is 2.31. The second kappa shape index (κ2) is 6.85. The zero-order valence-electron chi connectivity index (χ0n) is 9.37. The highest BCUT2D eigenvalue weighted by molar-refractivity contribution is 9.08. The van der Waals surface area contributed by atoms with Gasteiger partial charge in [0, 0.05) is 31.2 Å². The van der Waals surface area contributed by atoms with Gasteiger partial charge in [0.15, 0.2) is 0 Å². The van der Waals surface area contributed by atoms with Gasteiger partial charge in [0.1, 0.15) is 0 Å². The average Bonchev–Trinajstić information content (AvgIpc) is 2.29. The molecule has 0 bridgehead atoms. The van der Waals surface area contributed by atoms with E-state index in [2.05, 4.69) is 52.1 Å². The van der Waals surface area contributed by atoms with Crippen LogP contribution in [0.4, 0.5) is 5.69 Å². The van der Waals surface area contributed by atoms with Crippen molar-refractivity contribution in [2.75, 3.05) is 31.7 Å². The van der Waals surface area contributed by atoms with Crippen molar-refractivity contribution < 1.29 is 4.74 Å². The van der Waals surface area contributed by atoms with Gasteiger partial charge < -0.3 is 9.64 Å². The second-order valence-electron chi connectivity index (χ2n) is 3.42. The lowest BCUT2D eigenvalue weighted by Crippen LogP contribution is -2.22. The Morgan fingerprint density at radius 1 is 1.27 bits per heavy atom. The molecule has 0 aliphatic carbocycles. The van der Waals surface area contributed by atoms with Gasteiger partial charge in [0.25, 0.3) is 0 Å². The fourth-order valence-corrected chi connectivity index (χ4v) is 1.69. The minimum atomic E-state index is 0.785. The summed E-state index contributed by atoms with van der Waals surface area (Å²) in [5, 5.41) is 0.913. The molecule has 0 fully saturated rings. The maximum absolute atomic E-state index is 5.32. The molecular weight excluding hydrogens is 254 g/mol.